The molecule has 2 rings (SSSR count). The van der Waals surface area contributed by atoms with E-state index >= 15 is 0 Å². The normalized spacial score (nSPS) is 10.3. The standard InChI is InChI=1S/C15H16N2O3/c1-4-20-15(19)14-12(9-18)8-17(16-14)13-6-5-10(2)7-11(13)3/h5-9H,4H2,1-3H3. The van der Waals surface area contributed by atoms with E-state index in [2.05, 4.69) is 5.10 Å². The number of aryl methyl sites for hydroxylation is 2. The van der Waals surface area contributed by atoms with Crippen LogP contribution in [-0.2, 0) is 4.74 Å². The van der Waals surface area contributed by atoms with Crippen LogP contribution in [0, 0.1) is 13.8 Å². The van der Waals surface area contributed by atoms with Crippen molar-refractivity contribution in [2.45, 2.75) is 20.8 Å². The lowest BCUT2D eigenvalue weighted by molar-refractivity contribution is 0.0517. The number of esters is 1. The van der Waals surface area contributed by atoms with Gasteiger partial charge in [0.25, 0.3) is 0 Å². The molecule has 0 bridgehead atoms. The van der Waals surface area contributed by atoms with E-state index in [0.717, 1.165) is 16.8 Å². The van der Waals surface area contributed by atoms with Crippen LogP contribution in [-0.4, -0.2) is 28.6 Å². The van der Waals surface area contributed by atoms with Gasteiger partial charge in [-0.25, -0.2) is 9.48 Å². The Bertz CT molecular complexity index is 659. The van der Waals surface area contributed by atoms with Crippen molar-refractivity contribution >= 4 is 12.3 Å². The summed E-state index contributed by atoms with van der Waals surface area (Å²) in [6.07, 6.45) is 2.15. The van der Waals surface area contributed by atoms with Crippen LogP contribution in [0.25, 0.3) is 5.69 Å². The van der Waals surface area contributed by atoms with Gasteiger partial charge in [0.1, 0.15) is 0 Å². The number of hydrogen-bond acceptors (Lipinski definition) is 4. The fourth-order valence-electron chi connectivity index (χ4n) is 2.02. The van der Waals surface area contributed by atoms with Crippen molar-refractivity contribution in [1.29, 1.82) is 0 Å². The maximum absolute atomic E-state index is 11.8. The quantitative estimate of drug-likeness (QED) is 0.633. The Balaban J connectivity index is 2.48. The number of aromatic nitrogens is 2. The predicted molar refractivity (Wildman–Crippen MR) is 74.4 cm³/mol. The molecule has 5 nitrogen and oxygen atoms in total. The van der Waals surface area contributed by atoms with Gasteiger partial charge in [-0.2, -0.15) is 5.10 Å². The van der Waals surface area contributed by atoms with Crippen LogP contribution in [0.4, 0.5) is 0 Å². The van der Waals surface area contributed by atoms with Crippen molar-refractivity contribution in [3.63, 3.8) is 0 Å². The first kappa shape index (κ1) is 14.0. The molecule has 0 unspecified atom stereocenters. The number of carbonyl (C=O) groups excluding carboxylic acids is 2. The molecule has 0 saturated carbocycles. The summed E-state index contributed by atoms with van der Waals surface area (Å²) in [5, 5.41) is 4.17. The van der Waals surface area contributed by atoms with E-state index in [0.29, 0.717) is 6.29 Å². The number of benzene rings is 1. The molecule has 5 heteroatoms. The maximum Gasteiger partial charge on any atom is 0.359 e. The summed E-state index contributed by atoms with van der Waals surface area (Å²) in [5.74, 6) is -0.585. The first-order valence-electron chi connectivity index (χ1n) is 6.36. The van der Waals surface area contributed by atoms with Gasteiger partial charge in [0.2, 0.25) is 0 Å². The summed E-state index contributed by atoms with van der Waals surface area (Å²) in [6, 6.07) is 5.87. The lowest BCUT2D eigenvalue weighted by Gasteiger charge is -2.06. The second kappa shape index (κ2) is 5.69. The van der Waals surface area contributed by atoms with Crippen molar-refractivity contribution < 1.29 is 14.3 Å². The molecule has 1 aromatic heterocycles. The molecule has 1 heterocycles. The highest BCUT2D eigenvalue weighted by Gasteiger charge is 2.18. The Morgan fingerprint density at radius 3 is 2.75 bits per heavy atom. The van der Waals surface area contributed by atoms with Crippen LogP contribution in [0.5, 0.6) is 0 Å². The zero-order chi connectivity index (χ0) is 14.7. The highest BCUT2D eigenvalue weighted by atomic mass is 16.5. The molecule has 0 atom stereocenters. The van der Waals surface area contributed by atoms with Gasteiger partial charge in [-0.15, -0.1) is 0 Å². The monoisotopic (exact) mass is 272 g/mol. The minimum atomic E-state index is -0.585. The van der Waals surface area contributed by atoms with Gasteiger partial charge in [0, 0.05) is 6.20 Å². The Labute approximate surface area is 117 Å². The van der Waals surface area contributed by atoms with Gasteiger partial charge in [-0.05, 0) is 32.4 Å². The molecule has 0 amide bonds. The van der Waals surface area contributed by atoms with E-state index in [4.69, 9.17) is 4.74 Å². The average Bonchev–Trinajstić information content (AvgIpc) is 2.83. The molecule has 0 saturated heterocycles. The second-order valence-electron chi connectivity index (χ2n) is 4.51. The first-order valence-corrected chi connectivity index (χ1v) is 6.36. The molecule has 0 N–H and O–H groups in total. The van der Waals surface area contributed by atoms with E-state index in [9.17, 15) is 9.59 Å². The van der Waals surface area contributed by atoms with E-state index in [1.54, 1.807) is 6.92 Å². The minimum absolute atomic E-state index is 0.0434. The summed E-state index contributed by atoms with van der Waals surface area (Å²) in [6.45, 7) is 5.91. The van der Waals surface area contributed by atoms with Crippen LogP contribution in [0.1, 0.15) is 38.9 Å². The number of rotatable bonds is 4. The zero-order valence-corrected chi connectivity index (χ0v) is 11.7. The van der Waals surface area contributed by atoms with Crippen molar-refractivity contribution in [3.8, 4) is 5.69 Å². The number of carbonyl (C=O) groups is 2. The molecule has 1 aromatic carbocycles. The summed E-state index contributed by atoms with van der Waals surface area (Å²) in [7, 11) is 0. The zero-order valence-electron chi connectivity index (χ0n) is 11.7. The molecule has 0 aliphatic rings. The van der Waals surface area contributed by atoms with Gasteiger partial charge in [0.15, 0.2) is 12.0 Å². The molecule has 0 radical (unpaired) electrons. The van der Waals surface area contributed by atoms with E-state index < -0.39 is 5.97 Å². The maximum atomic E-state index is 11.8. The summed E-state index contributed by atoms with van der Waals surface area (Å²) in [5.41, 5.74) is 3.25. The molecule has 104 valence electrons. The topological polar surface area (TPSA) is 61.2 Å². The lowest BCUT2D eigenvalue weighted by Crippen LogP contribution is -2.08. The van der Waals surface area contributed by atoms with Crippen molar-refractivity contribution in [1.82, 2.24) is 9.78 Å². The number of hydrogen-bond donors (Lipinski definition) is 0. The van der Waals surface area contributed by atoms with Crippen LogP contribution in [0.15, 0.2) is 24.4 Å². The molecular weight excluding hydrogens is 256 g/mol. The SMILES string of the molecule is CCOC(=O)c1nn(-c2ccc(C)cc2C)cc1C=O. The number of aldehydes is 1. The molecule has 20 heavy (non-hydrogen) atoms. The van der Waals surface area contributed by atoms with Crippen molar-refractivity contribution in [2.75, 3.05) is 6.61 Å². The highest BCUT2D eigenvalue weighted by molar-refractivity contribution is 5.96. The third-order valence-corrected chi connectivity index (χ3v) is 2.94. The molecule has 2 aromatic rings. The van der Waals surface area contributed by atoms with E-state index in [1.807, 2.05) is 32.0 Å². The van der Waals surface area contributed by atoms with Gasteiger partial charge in [-0.3, -0.25) is 4.79 Å². The van der Waals surface area contributed by atoms with E-state index in [-0.39, 0.29) is 17.9 Å². The molecule has 0 aliphatic carbocycles. The van der Waals surface area contributed by atoms with Gasteiger partial charge in [-0.1, -0.05) is 17.7 Å². The average molecular weight is 272 g/mol. The Morgan fingerprint density at radius 1 is 1.40 bits per heavy atom. The molecular formula is C15H16N2O3. The number of ether oxygens (including phenoxy) is 1. The third kappa shape index (κ3) is 2.61. The van der Waals surface area contributed by atoms with E-state index in [1.165, 1.54) is 10.9 Å². The predicted octanol–water partition coefficient (Wildman–Crippen LogP) is 2.48. The molecule has 0 aliphatic heterocycles. The van der Waals surface area contributed by atoms with Crippen LogP contribution in [0.2, 0.25) is 0 Å². The summed E-state index contributed by atoms with van der Waals surface area (Å²) >= 11 is 0. The van der Waals surface area contributed by atoms with Gasteiger partial charge < -0.3 is 4.74 Å². The molecule has 0 fully saturated rings. The largest absolute Gasteiger partial charge is 0.461 e. The second-order valence-corrected chi connectivity index (χ2v) is 4.51. The Morgan fingerprint density at radius 2 is 2.15 bits per heavy atom. The summed E-state index contributed by atoms with van der Waals surface area (Å²) < 4.78 is 6.43. The fraction of sp³-hybridized carbons (Fsp3) is 0.267. The van der Waals surface area contributed by atoms with Crippen LogP contribution >= 0.6 is 0 Å². The van der Waals surface area contributed by atoms with Crippen LogP contribution < -0.4 is 0 Å². The van der Waals surface area contributed by atoms with Gasteiger partial charge >= 0.3 is 5.97 Å². The van der Waals surface area contributed by atoms with Gasteiger partial charge in [0.05, 0.1) is 17.9 Å². The Hall–Kier alpha value is -2.43. The minimum Gasteiger partial charge on any atom is -0.461 e. The fourth-order valence-corrected chi connectivity index (χ4v) is 2.02. The smallest absolute Gasteiger partial charge is 0.359 e. The first-order chi connectivity index (χ1) is 9.56. The lowest BCUT2D eigenvalue weighted by atomic mass is 10.1. The Kier molecular flexibility index (Phi) is 3.98. The number of nitrogens with zero attached hydrogens (tertiary/aromatic N) is 2. The highest BCUT2D eigenvalue weighted by Crippen LogP contribution is 2.17. The van der Waals surface area contributed by atoms with Crippen LogP contribution in [0.3, 0.4) is 0 Å². The third-order valence-electron chi connectivity index (χ3n) is 2.94. The molecule has 0 spiro atoms. The van der Waals surface area contributed by atoms with Crippen molar-refractivity contribution in [3.05, 3.63) is 46.8 Å². The van der Waals surface area contributed by atoms with Crippen molar-refractivity contribution in [2.24, 2.45) is 0 Å². The summed E-state index contributed by atoms with van der Waals surface area (Å²) in [4.78, 5) is 22.8.